The summed E-state index contributed by atoms with van der Waals surface area (Å²) in [6, 6.07) is 5.95. The van der Waals surface area contributed by atoms with Gasteiger partial charge in [0.05, 0.1) is 19.8 Å². The second-order valence-corrected chi connectivity index (χ2v) is 4.50. The molecule has 0 spiro atoms. The Bertz CT molecular complexity index is 440. The van der Waals surface area contributed by atoms with E-state index >= 15 is 0 Å². The molecule has 1 rings (SSSR count). The van der Waals surface area contributed by atoms with Crippen molar-refractivity contribution in [3.05, 3.63) is 23.8 Å². The van der Waals surface area contributed by atoms with Crippen LogP contribution in [0.2, 0.25) is 0 Å². The molecule has 1 aromatic rings. The van der Waals surface area contributed by atoms with Crippen molar-refractivity contribution in [2.24, 2.45) is 0 Å². The summed E-state index contributed by atoms with van der Waals surface area (Å²) in [6.07, 6.45) is 6.82. The fraction of sp³-hybridized carbons (Fsp3) is 0.529. The zero-order chi connectivity index (χ0) is 15.3. The predicted octanol–water partition coefficient (Wildman–Crippen LogP) is 2.61. The van der Waals surface area contributed by atoms with Gasteiger partial charge >= 0.3 is 0 Å². The van der Waals surface area contributed by atoms with Crippen LogP contribution in [0.5, 0.6) is 11.5 Å². The van der Waals surface area contributed by atoms with Gasteiger partial charge in [-0.25, -0.2) is 0 Å². The van der Waals surface area contributed by atoms with Crippen LogP contribution in [-0.4, -0.2) is 33.5 Å². The van der Waals surface area contributed by atoms with Gasteiger partial charge < -0.3 is 19.5 Å². The van der Waals surface area contributed by atoms with E-state index < -0.39 is 0 Å². The number of hydrogen-bond donors (Lipinski definition) is 1. The van der Waals surface area contributed by atoms with E-state index in [1.165, 1.54) is 0 Å². The van der Waals surface area contributed by atoms with Crippen molar-refractivity contribution in [1.29, 1.82) is 0 Å². The number of terminal acetylenes is 1. The average Bonchev–Trinajstić information content (AvgIpc) is 2.50. The number of hydrogen-bond acceptors (Lipinski definition) is 4. The van der Waals surface area contributed by atoms with Crippen LogP contribution in [0, 0.1) is 12.3 Å². The Morgan fingerprint density at radius 1 is 1.24 bits per heavy atom. The van der Waals surface area contributed by atoms with Gasteiger partial charge in [-0.3, -0.25) is 0 Å². The Morgan fingerprint density at radius 3 is 2.81 bits per heavy atom. The maximum absolute atomic E-state index is 5.89. The van der Waals surface area contributed by atoms with E-state index in [4.69, 9.17) is 20.6 Å². The minimum Gasteiger partial charge on any atom is -0.490 e. The summed E-state index contributed by atoms with van der Waals surface area (Å²) in [5.41, 5.74) is 1.08. The van der Waals surface area contributed by atoms with Crippen LogP contribution >= 0.6 is 0 Å². The minimum atomic E-state index is 0.597. The van der Waals surface area contributed by atoms with Crippen molar-refractivity contribution in [1.82, 2.24) is 5.32 Å². The third kappa shape index (κ3) is 6.52. The van der Waals surface area contributed by atoms with Gasteiger partial charge in [-0.05, 0) is 19.4 Å². The van der Waals surface area contributed by atoms with E-state index in [2.05, 4.69) is 11.2 Å². The molecule has 4 heteroatoms. The number of nitrogens with one attached hydrogen (secondary N) is 1. The molecule has 0 bridgehead atoms. The van der Waals surface area contributed by atoms with Crippen LogP contribution < -0.4 is 14.8 Å². The third-order valence-electron chi connectivity index (χ3n) is 2.87. The van der Waals surface area contributed by atoms with Crippen molar-refractivity contribution in [3.63, 3.8) is 0 Å². The molecule has 1 N–H and O–H groups in total. The first-order chi connectivity index (χ1) is 10.3. The minimum absolute atomic E-state index is 0.597. The molecule has 1 aromatic carbocycles. The molecular weight excluding hydrogens is 266 g/mol. The second kappa shape index (κ2) is 11.0. The van der Waals surface area contributed by atoms with Crippen LogP contribution in [0.4, 0.5) is 0 Å². The summed E-state index contributed by atoms with van der Waals surface area (Å²) in [4.78, 5) is 0. The van der Waals surface area contributed by atoms with Gasteiger partial charge in [0, 0.05) is 32.2 Å². The van der Waals surface area contributed by atoms with E-state index in [-0.39, 0.29) is 0 Å². The maximum Gasteiger partial charge on any atom is 0.165 e. The van der Waals surface area contributed by atoms with Crippen molar-refractivity contribution in [2.45, 2.75) is 26.3 Å². The highest BCUT2D eigenvalue weighted by atomic mass is 16.5. The fourth-order valence-electron chi connectivity index (χ4n) is 1.88. The van der Waals surface area contributed by atoms with Crippen molar-refractivity contribution in [2.75, 3.05) is 33.5 Å². The highest BCUT2D eigenvalue weighted by Gasteiger charge is 2.10. The molecule has 0 aliphatic carbocycles. The molecule has 0 aliphatic heterocycles. The molecule has 0 saturated heterocycles. The van der Waals surface area contributed by atoms with Gasteiger partial charge in [-0.1, -0.05) is 12.1 Å². The molecule has 116 valence electrons. The van der Waals surface area contributed by atoms with Gasteiger partial charge in [-0.2, -0.15) is 0 Å². The van der Waals surface area contributed by atoms with Crippen LogP contribution in [0.15, 0.2) is 18.2 Å². The topological polar surface area (TPSA) is 39.7 Å². The molecule has 0 radical (unpaired) electrons. The fourth-order valence-corrected chi connectivity index (χ4v) is 1.88. The van der Waals surface area contributed by atoms with Gasteiger partial charge in [0.2, 0.25) is 0 Å². The second-order valence-electron chi connectivity index (χ2n) is 4.50. The summed E-state index contributed by atoms with van der Waals surface area (Å²) in [7, 11) is 1.69. The van der Waals surface area contributed by atoms with E-state index in [1.807, 2.05) is 25.1 Å². The zero-order valence-electron chi connectivity index (χ0n) is 13.0. The van der Waals surface area contributed by atoms with Gasteiger partial charge in [0.15, 0.2) is 11.5 Å². The van der Waals surface area contributed by atoms with Gasteiger partial charge in [-0.15, -0.1) is 12.3 Å². The quantitative estimate of drug-likeness (QED) is 0.502. The number of benzene rings is 1. The largest absolute Gasteiger partial charge is 0.490 e. The summed E-state index contributed by atoms with van der Waals surface area (Å²) in [5, 5.41) is 3.32. The highest BCUT2D eigenvalue weighted by molar-refractivity contribution is 5.46. The van der Waals surface area contributed by atoms with E-state index in [9.17, 15) is 0 Å². The summed E-state index contributed by atoms with van der Waals surface area (Å²) >= 11 is 0. The average molecular weight is 291 g/mol. The van der Waals surface area contributed by atoms with Gasteiger partial charge in [0.25, 0.3) is 0 Å². The molecule has 0 heterocycles. The number of ether oxygens (including phenoxy) is 3. The number of rotatable bonds is 11. The first-order valence-electron chi connectivity index (χ1n) is 7.34. The Balaban J connectivity index is 2.69. The van der Waals surface area contributed by atoms with E-state index in [0.717, 1.165) is 43.0 Å². The standard InChI is InChI=1S/C17H25NO3/c1-4-6-7-12-21-17-15(14-18-11-13-19-3)9-8-10-16(17)20-5-2/h1,8-10,18H,5-7,11-14H2,2-3H3. The maximum atomic E-state index is 5.89. The van der Waals surface area contributed by atoms with Crippen LogP contribution in [0.25, 0.3) is 0 Å². The number of unbranched alkanes of at least 4 members (excludes halogenated alkanes) is 1. The third-order valence-corrected chi connectivity index (χ3v) is 2.87. The summed E-state index contributed by atoms with van der Waals surface area (Å²) in [5.74, 6) is 4.21. The van der Waals surface area contributed by atoms with E-state index in [1.54, 1.807) is 7.11 Å². The normalized spacial score (nSPS) is 10.1. The summed E-state index contributed by atoms with van der Waals surface area (Å²) < 4.78 is 16.6. The van der Waals surface area contributed by atoms with Gasteiger partial charge in [0.1, 0.15) is 0 Å². The molecule has 0 unspecified atom stereocenters. The molecular formula is C17H25NO3. The number of methoxy groups -OCH3 is 1. The van der Waals surface area contributed by atoms with E-state index in [0.29, 0.717) is 19.8 Å². The molecule has 21 heavy (non-hydrogen) atoms. The molecule has 0 fully saturated rings. The molecule has 0 aromatic heterocycles. The summed E-state index contributed by atoms with van der Waals surface area (Å²) in [6.45, 7) is 5.37. The predicted molar refractivity (Wildman–Crippen MR) is 84.8 cm³/mol. The van der Waals surface area contributed by atoms with Crippen molar-refractivity contribution >= 4 is 0 Å². The Labute approximate surface area is 127 Å². The lowest BCUT2D eigenvalue weighted by Crippen LogP contribution is -2.19. The van der Waals surface area contributed by atoms with Crippen LogP contribution in [0.3, 0.4) is 0 Å². The first kappa shape index (κ1) is 17.4. The SMILES string of the molecule is C#CCCCOc1c(CNCCOC)cccc1OCC. The number of para-hydroxylation sites is 1. The monoisotopic (exact) mass is 291 g/mol. The lowest BCUT2D eigenvalue weighted by Gasteiger charge is -2.16. The van der Waals surface area contributed by atoms with Crippen LogP contribution in [0.1, 0.15) is 25.3 Å². The van der Waals surface area contributed by atoms with Crippen molar-refractivity contribution in [3.8, 4) is 23.8 Å². The van der Waals surface area contributed by atoms with Crippen molar-refractivity contribution < 1.29 is 14.2 Å². The molecule has 4 nitrogen and oxygen atoms in total. The Morgan fingerprint density at radius 2 is 2.10 bits per heavy atom. The Kier molecular flexibility index (Phi) is 9.10. The molecule has 0 aliphatic rings. The molecule has 0 saturated carbocycles. The molecule has 0 amide bonds. The highest BCUT2D eigenvalue weighted by Crippen LogP contribution is 2.31. The Hall–Kier alpha value is -1.70. The molecule has 0 atom stereocenters. The van der Waals surface area contributed by atoms with Crippen LogP contribution in [-0.2, 0) is 11.3 Å². The zero-order valence-corrected chi connectivity index (χ0v) is 13.0. The lowest BCUT2D eigenvalue weighted by atomic mass is 10.2. The smallest absolute Gasteiger partial charge is 0.165 e. The lowest BCUT2D eigenvalue weighted by molar-refractivity contribution is 0.199. The first-order valence-corrected chi connectivity index (χ1v) is 7.34.